The Hall–Kier alpha value is -0.700. The Labute approximate surface area is 73.1 Å². The standard InChI is InChI=1S/C8H7BrFN/c1-6-2-3-11-5-7(6)4-8(9)10/h2-5H,1H3. The maximum atomic E-state index is 12.3. The molecule has 1 rings (SSSR count). The second-order valence-corrected chi connectivity index (χ2v) is 2.92. The average Bonchev–Trinajstić information content (AvgIpc) is 1.93. The molecule has 0 spiro atoms. The van der Waals surface area contributed by atoms with Gasteiger partial charge < -0.3 is 0 Å². The normalized spacial score (nSPS) is 11.7. The molecule has 0 unspecified atom stereocenters. The van der Waals surface area contributed by atoms with Gasteiger partial charge in [0.05, 0.1) is 0 Å². The molecule has 0 aliphatic heterocycles. The summed E-state index contributed by atoms with van der Waals surface area (Å²) in [5, 5.41) is 0. The first-order valence-electron chi connectivity index (χ1n) is 3.13. The van der Waals surface area contributed by atoms with E-state index in [1.807, 2.05) is 13.0 Å². The lowest BCUT2D eigenvalue weighted by atomic mass is 10.2. The van der Waals surface area contributed by atoms with Crippen LogP contribution in [0.15, 0.2) is 23.2 Å². The van der Waals surface area contributed by atoms with Crippen molar-refractivity contribution >= 4 is 22.0 Å². The molecule has 0 aliphatic rings. The van der Waals surface area contributed by atoms with Crippen LogP contribution in [0.5, 0.6) is 0 Å². The lowest BCUT2D eigenvalue weighted by molar-refractivity contribution is 0.711. The minimum absolute atomic E-state index is 0.381. The molecule has 0 saturated heterocycles. The van der Waals surface area contributed by atoms with E-state index in [1.54, 1.807) is 12.4 Å². The number of halogens is 2. The Morgan fingerprint density at radius 2 is 2.45 bits per heavy atom. The van der Waals surface area contributed by atoms with Crippen molar-refractivity contribution in [3.63, 3.8) is 0 Å². The summed E-state index contributed by atoms with van der Waals surface area (Å²) < 4.78 is 11.9. The van der Waals surface area contributed by atoms with E-state index in [2.05, 4.69) is 20.9 Å². The van der Waals surface area contributed by atoms with Gasteiger partial charge in [0.2, 0.25) is 0 Å². The van der Waals surface area contributed by atoms with Gasteiger partial charge in [-0.15, -0.1) is 0 Å². The van der Waals surface area contributed by atoms with Crippen LogP contribution in [0, 0.1) is 6.92 Å². The van der Waals surface area contributed by atoms with Gasteiger partial charge >= 0.3 is 0 Å². The van der Waals surface area contributed by atoms with E-state index < -0.39 is 0 Å². The molecule has 0 saturated carbocycles. The van der Waals surface area contributed by atoms with Crippen molar-refractivity contribution in [2.24, 2.45) is 0 Å². The number of aromatic nitrogens is 1. The highest BCUT2D eigenvalue weighted by molar-refractivity contribution is 9.11. The molecule has 1 nitrogen and oxygen atoms in total. The zero-order valence-corrected chi connectivity index (χ0v) is 7.60. The molecule has 1 aromatic heterocycles. The molecule has 1 aromatic rings. The first-order chi connectivity index (χ1) is 5.20. The van der Waals surface area contributed by atoms with Gasteiger partial charge in [-0.3, -0.25) is 4.98 Å². The summed E-state index contributed by atoms with van der Waals surface area (Å²) >= 11 is 2.71. The lowest BCUT2D eigenvalue weighted by Gasteiger charge is -1.96. The first kappa shape index (κ1) is 8.40. The van der Waals surface area contributed by atoms with Crippen LogP contribution in [0.4, 0.5) is 4.39 Å². The third-order valence-electron chi connectivity index (χ3n) is 1.34. The molecule has 58 valence electrons. The third kappa shape index (κ3) is 2.42. The summed E-state index contributed by atoms with van der Waals surface area (Å²) in [6.45, 7) is 1.91. The minimum atomic E-state index is -0.381. The largest absolute Gasteiger partial charge is 0.264 e. The topological polar surface area (TPSA) is 12.9 Å². The monoisotopic (exact) mass is 215 g/mol. The van der Waals surface area contributed by atoms with Crippen molar-refractivity contribution in [1.29, 1.82) is 0 Å². The van der Waals surface area contributed by atoms with Gasteiger partial charge in [0.1, 0.15) is 0 Å². The number of aryl methyl sites for hydroxylation is 1. The van der Waals surface area contributed by atoms with Crippen LogP contribution in [0.25, 0.3) is 6.08 Å². The zero-order chi connectivity index (χ0) is 8.27. The summed E-state index contributed by atoms with van der Waals surface area (Å²) in [6, 6.07) is 1.84. The first-order valence-corrected chi connectivity index (χ1v) is 3.93. The fourth-order valence-electron chi connectivity index (χ4n) is 0.745. The van der Waals surface area contributed by atoms with Crippen molar-refractivity contribution in [1.82, 2.24) is 4.98 Å². The third-order valence-corrected chi connectivity index (χ3v) is 1.57. The Bertz CT molecular complexity index is 279. The van der Waals surface area contributed by atoms with Crippen LogP contribution in [-0.2, 0) is 0 Å². The van der Waals surface area contributed by atoms with Gasteiger partial charge in [-0.1, -0.05) is 0 Å². The number of rotatable bonds is 1. The predicted molar refractivity (Wildman–Crippen MR) is 47.0 cm³/mol. The molecule has 0 bridgehead atoms. The molecule has 0 amide bonds. The molecule has 0 atom stereocenters. The molecule has 0 radical (unpaired) electrons. The van der Waals surface area contributed by atoms with Crippen LogP contribution in [-0.4, -0.2) is 4.98 Å². The SMILES string of the molecule is Cc1ccncc1C=C(F)Br. The molecule has 1 heterocycles. The van der Waals surface area contributed by atoms with Crippen molar-refractivity contribution in [3.05, 3.63) is 34.3 Å². The van der Waals surface area contributed by atoms with Crippen molar-refractivity contribution < 1.29 is 4.39 Å². The maximum Gasteiger partial charge on any atom is 0.166 e. The summed E-state index contributed by atoms with van der Waals surface area (Å²) in [7, 11) is 0. The van der Waals surface area contributed by atoms with Crippen LogP contribution in [0.2, 0.25) is 0 Å². The van der Waals surface area contributed by atoms with Crippen molar-refractivity contribution in [3.8, 4) is 0 Å². The highest BCUT2D eigenvalue weighted by Gasteiger charge is 1.94. The molecule has 11 heavy (non-hydrogen) atoms. The maximum absolute atomic E-state index is 12.3. The Morgan fingerprint density at radius 3 is 3.00 bits per heavy atom. The fraction of sp³-hybridized carbons (Fsp3) is 0.125. The predicted octanol–water partition coefficient (Wildman–Crippen LogP) is 3.05. The molecule has 0 aromatic carbocycles. The summed E-state index contributed by atoms with van der Waals surface area (Å²) in [5.74, 6) is 0. The van der Waals surface area contributed by atoms with E-state index in [0.29, 0.717) is 0 Å². The zero-order valence-electron chi connectivity index (χ0n) is 6.01. The Morgan fingerprint density at radius 1 is 1.73 bits per heavy atom. The molecule has 3 heteroatoms. The van der Waals surface area contributed by atoms with E-state index in [0.717, 1.165) is 11.1 Å². The van der Waals surface area contributed by atoms with Crippen molar-refractivity contribution in [2.75, 3.05) is 0 Å². The Balaban J connectivity index is 3.04. The fourth-order valence-corrected chi connectivity index (χ4v) is 0.991. The van der Waals surface area contributed by atoms with E-state index >= 15 is 0 Å². The van der Waals surface area contributed by atoms with Crippen LogP contribution >= 0.6 is 15.9 Å². The number of nitrogens with zero attached hydrogens (tertiary/aromatic N) is 1. The molecule has 0 fully saturated rings. The molecular weight excluding hydrogens is 209 g/mol. The van der Waals surface area contributed by atoms with Crippen molar-refractivity contribution in [2.45, 2.75) is 6.92 Å². The molecular formula is C8H7BrFN. The second-order valence-electron chi connectivity index (χ2n) is 2.17. The lowest BCUT2D eigenvalue weighted by Crippen LogP contribution is -1.81. The summed E-state index contributed by atoms with van der Waals surface area (Å²) in [5.41, 5.74) is 1.80. The molecule has 0 N–H and O–H groups in total. The highest BCUT2D eigenvalue weighted by atomic mass is 79.9. The number of pyridine rings is 1. The van der Waals surface area contributed by atoms with Crippen LogP contribution in [0.3, 0.4) is 0 Å². The smallest absolute Gasteiger partial charge is 0.166 e. The van der Waals surface area contributed by atoms with E-state index in [-0.39, 0.29) is 4.74 Å². The van der Waals surface area contributed by atoms with Crippen LogP contribution in [0.1, 0.15) is 11.1 Å². The highest BCUT2D eigenvalue weighted by Crippen LogP contribution is 2.14. The Kier molecular flexibility index (Phi) is 2.76. The van der Waals surface area contributed by atoms with Gasteiger partial charge in [-0.2, -0.15) is 4.39 Å². The van der Waals surface area contributed by atoms with Gasteiger partial charge in [-0.25, -0.2) is 0 Å². The second kappa shape index (κ2) is 3.62. The minimum Gasteiger partial charge on any atom is -0.264 e. The van der Waals surface area contributed by atoms with E-state index in [9.17, 15) is 4.39 Å². The van der Waals surface area contributed by atoms with Gasteiger partial charge in [0.25, 0.3) is 0 Å². The quantitative estimate of drug-likeness (QED) is 0.702. The average molecular weight is 216 g/mol. The van der Waals surface area contributed by atoms with Gasteiger partial charge in [-0.05, 0) is 46.1 Å². The van der Waals surface area contributed by atoms with E-state index in [4.69, 9.17) is 0 Å². The summed E-state index contributed by atoms with van der Waals surface area (Å²) in [4.78, 5) is 3.87. The number of hydrogen-bond donors (Lipinski definition) is 0. The van der Waals surface area contributed by atoms with Gasteiger partial charge in [0.15, 0.2) is 4.74 Å². The van der Waals surface area contributed by atoms with Crippen LogP contribution < -0.4 is 0 Å². The van der Waals surface area contributed by atoms with Gasteiger partial charge in [0, 0.05) is 12.4 Å². The summed E-state index contributed by atoms with van der Waals surface area (Å²) in [6.07, 6.45) is 4.69. The van der Waals surface area contributed by atoms with E-state index in [1.165, 1.54) is 6.08 Å². The molecule has 0 aliphatic carbocycles. The number of hydrogen-bond acceptors (Lipinski definition) is 1.